The lowest BCUT2D eigenvalue weighted by atomic mass is 9.88. The van der Waals surface area contributed by atoms with Crippen molar-refractivity contribution >= 4 is 5.91 Å². The minimum absolute atomic E-state index is 0.240. The first kappa shape index (κ1) is 11.9. The Balaban J connectivity index is 1.74. The normalized spacial score (nSPS) is 32.0. The molecule has 2 fully saturated rings. The maximum atomic E-state index is 11.8. The molecule has 2 bridgehead atoms. The minimum Gasteiger partial charge on any atom is -0.344 e. The minimum atomic E-state index is 0.240. The molecule has 0 saturated heterocycles. The second-order valence-corrected chi connectivity index (χ2v) is 5.49. The predicted octanol–water partition coefficient (Wildman–Crippen LogP) is 1.49. The van der Waals surface area contributed by atoms with E-state index < -0.39 is 0 Å². The van der Waals surface area contributed by atoms with Crippen molar-refractivity contribution in [1.82, 2.24) is 10.2 Å². The van der Waals surface area contributed by atoms with Gasteiger partial charge in [-0.2, -0.15) is 0 Å². The van der Waals surface area contributed by atoms with Gasteiger partial charge in [0.2, 0.25) is 5.91 Å². The van der Waals surface area contributed by atoms with Crippen LogP contribution < -0.4 is 5.32 Å². The van der Waals surface area contributed by atoms with Crippen molar-refractivity contribution < 1.29 is 4.79 Å². The highest BCUT2D eigenvalue weighted by Crippen LogP contribution is 2.48. The lowest BCUT2D eigenvalue weighted by Crippen LogP contribution is -2.39. The number of carbonyl (C=O) groups is 1. The Labute approximate surface area is 98.6 Å². The zero-order valence-corrected chi connectivity index (χ0v) is 10.5. The predicted molar refractivity (Wildman–Crippen MR) is 65.1 cm³/mol. The number of hydrogen-bond donors (Lipinski definition) is 1. The molecule has 2 aliphatic carbocycles. The average Bonchev–Trinajstić information content (AvgIpc) is 2.87. The van der Waals surface area contributed by atoms with Crippen LogP contribution >= 0.6 is 0 Å². The van der Waals surface area contributed by atoms with E-state index in [1.54, 1.807) is 0 Å². The van der Waals surface area contributed by atoms with Gasteiger partial charge in [-0.15, -0.1) is 0 Å². The first-order valence-corrected chi connectivity index (χ1v) is 6.65. The van der Waals surface area contributed by atoms with Crippen LogP contribution in [0.25, 0.3) is 0 Å². The first-order chi connectivity index (χ1) is 7.70. The molecule has 3 atom stereocenters. The highest BCUT2D eigenvalue weighted by molar-refractivity contribution is 5.77. The number of nitrogens with one attached hydrogen (secondary N) is 1. The fraction of sp³-hybridized carbons (Fsp3) is 0.923. The molecule has 0 radical (unpaired) electrons. The molecule has 3 heteroatoms. The van der Waals surface area contributed by atoms with Crippen LogP contribution in [0.3, 0.4) is 0 Å². The van der Waals surface area contributed by atoms with E-state index in [4.69, 9.17) is 0 Å². The molecule has 2 saturated carbocycles. The van der Waals surface area contributed by atoms with Gasteiger partial charge in [-0.25, -0.2) is 0 Å². The van der Waals surface area contributed by atoms with Crippen LogP contribution in [0.4, 0.5) is 0 Å². The molecule has 0 spiro atoms. The number of amides is 1. The number of fused-ring (bicyclic) bond motifs is 2. The average molecular weight is 224 g/mol. The molecule has 0 aromatic carbocycles. The fourth-order valence-electron chi connectivity index (χ4n) is 3.42. The van der Waals surface area contributed by atoms with Gasteiger partial charge in [0.1, 0.15) is 0 Å². The Hall–Kier alpha value is -0.570. The second kappa shape index (κ2) is 5.17. The summed E-state index contributed by atoms with van der Waals surface area (Å²) in [6.07, 6.45) is 5.64. The van der Waals surface area contributed by atoms with E-state index in [2.05, 4.69) is 5.32 Å². The molecule has 2 rings (SSSR count). The number of hydrogen-bond acceptors (Lipinski definition) is 2. The highest BCUT2D eigenvalue weighted by Gasteiger charge is 2.39. The van der Waals surface area contributed by atoms with Crippen LogP contribution in [-0.2, 0) is 4.79 Å². The Morgan fingerprint density at radius 1 is 1.38 bits per heavy atom. The maximum absolute atomic E-state index is 11.8. The monoisotopic (exact) mass is 224 g/mol. The summed E-state index contributed by atoms with van der Waals surface area (Å²) >= 11 is 0. The van der Waals surface area contributed by atoms with E-state index in [-0.39, 0.29) is 5.91 Å². The van der Waals surface area contributed by atoms with Crippen molar-refractivity contribution in [3.8, 4) is 0 Å². The summed E-state index contributed by atoms with van der Waals surface area (Å²) in [5.41, 5.74) is 0. The van der Waals surface area contributed by atoms with Crippen LogP contribution in [0.5, 0.6) is 0 Å². The summed E-state index contributed by atoms with van der Waals surface area (Å²) in [6, 6.07) is 0. The van der Waals surface area contributed by atoms with Crippen molar-refractivity contribution in [2.45, 2.75) is 32.6 Å². The maximum Gasteiger partial charge on any atom is 0.236 e. The molecule has 0 aromatic heterocycles. The largest absolute Gasteiger partial charge is 0.344 e. The van der Waals surface area contributed by atoms with Crippen molar-refractivity contribution in [3.63, 3.8) is 0 Å². The van der Waals surface area contributed by atoms with E-state index in [1.165, 1.54) is 25.7 Å². The molecule has 92 valence electrons. The summed E-state index contributed by atoms with van der Waals surface area (Å²) in [6.45, 7) is 4.37. The Morgan fingerprint density at radius 2 is 2.19 bits per heavy atom. The number of likely N-dealkylation sites (N-methyl/N-ethyl adjacent to an activating group) is 2. The third kappa shape index (κ3) is 2.57. The van der Waals surface area contributed by atoms with Crippen molar-refractivity contribution in [2.75, 3.05) is 26.7 Å². The quantitative estimate of drug-likeness (QED) is 0.767. The summed E-state index contributed by atoms with van der Waals surface area (Å²) in [7, 11) is 1.95. The smallest absolute Gasteiger partial charge is 0.236 e. The lowest BCUT2D eigenvalue weighted by molar-refractivity contribution is -0.129. The molecule has 3 unspecified atom stereocenters. The van der Waals surface area contributed by atoms with Gasteiger partial charge in [-0.1, -0.05) is 13.3 Å². The summed E-state index contributed by atoms with van der Waals surface area (Å²) in [5.74, 6) is 2.92. The molecule has 0 aliphatic heterocycles. The van der Waals surface area contributed by atoms with Crippen molar-refractivity contribution in [3.05, 3.63) is 0 Å². The van der Waals surface area contributed by atoms with Crippen molar-refractivity contribution in [1.29, 1.82) is 0 Å². The standard InChI is InChI=1S/C13H24N2O/c1-3-14-8-13(16)15(2)9-12-7-10-4-5-11(12)6-10/h10-12,14H,3-9H2,1-2H3. The molecular formula is C13H24N2O. The summed E-state index contributed by atoms with van der Waals surface area (Å²) in [5, 5.41) is 3.10. The Morgan fingerprint density at radius 3 is 2.75 bits per heavy atom. The van der Waals surface area contributed by atoms with Gasteiger partial charge < -0.3 is 10.2 Å². The zero-order chi connectivity index (χ0) is 11.5. The molecule has 1 N–H and O–H groups in total. The SMILES string of the molecule is CCNCC(=O)N(C)CC1CC2CCC1C2. The van der Waals surface area contributed by atoms with E-state index in [0.717, 1.165) is 30.8 Å². The van der Waals surface area contributed by atoms with E-state index >= 15 is 0 Å². The third-order valence-corrected chi connectivity index (χ3v) is 4.34. The van der Waals surface area contributed by atoms with Crippen LogP contribution in [0.15, 0.2) is 0 Å². The lowest BCUT2D eigenvalue weighted by Gasteiger charge is -2.27. The summed E-state index contributed by atoms with van der Waals surface area (Å²) in [4.78, 5) is 13.7. The molecule has 0 aromatic rings. The van der Waals surface area contributed by atoms with E-state index in [1.807, 2.05) is 18.9 Å². The molecule has 16 heavy (non-hydrogen) atoms. The molecule has 0 heterocycles. The van der Waals surface area contributed by atoms with Gasteiger partial charge in [0.05, 0.1) is 6.54 Å². The zero-order valence-electron chi connectivity index (χ0n) is 10.5. The first-order valence-electron chi connectivity index (χ1n) is 6.65. The number of carbonyl (C=O) groups excluding carboxylic acids is 1. The molecule has 2 aliphatic rings. The fourth-order valence-corrected chi connectivity index (χ4v) is 3.42. The topological polar surface area (TPSA) is 32.3 Å². The Bertz CT molecular complexity index is 254. The van der Waals surface area contributed by atoms with Gasteiger partial charge in [-0.05, 0) is 43.6 Å². The number of rotatable bonds is 5. The van der Waals surface area contributed by atoms with E-state index in [0.29, 0.717) is 6.54 Å². The highest BCUT2D eigenvalue weighted by atomic mass is 16.2. The third-order valence-electron chi connectivity index (χ3n) is 4.34. The van der Waals surface area contributed by atoms with Gasteiger partial charge in [0.25, 0.3) is 0 Å². The Kier molecular flexibility index (Phi) is 3.85. The molecule has 1 amide bonds. The number of nitrogens with zero attached hydrogens (tertiary/aromatic N) is 1. The van der Waals surface area contributed by atoms with Crippen LogP contribution in [0, 0.1) is 17.8 Å². The second-order valence-electron chi connectivity index (χ2n) is 5.49. The van der Waals surface area contributed by atoms with Crippen LogP contribution in [0.2, 0.25) is 0 Å². The molecule has 3 nitrogen and oxygen atoms in total. The van der Waals surface area contributed by atoms with Gasteiger partial charge in [0, 0.05) is 13.6 Å². The molecular weight excluding hydrogens is 200 g/mol. The van der Waals surface area contributed by atoms with E-state index in [9.17, 15) is 4.79 Å². The van der Waals surface area contributed by atoms with Gasteiger partial charge in [-0.3, -0.25) is 4.79 Å². The van der Waals surface area contributed by atoms with Crippen LogP contribution in [-0.4, -0.2) is 37.5 Å². The van der Waals surface area contributed by atoms with Crippen LogP contribution in [0.1, 0.15) is 32.6 Å². The van der Waals surface area contributed by atoms with Gasteiger partial charge in [0.15, 0.2) is 0 Å². The van der Waals surface area contributed by atoms with Crippen molar-refractivity contribution in [2.24, 2.45) is 17.8 Å². The summed E-state index contributed by atoms with van der Waals surface area (Å²) < 4.78 is 0. The van der Waals surface area contributed by atoms with Gasteiger partial charge >= 0.3 is 0 Å².